The number of likely N-dealkylation sites (tertiary alicyclic amines) is 1. The Morgan fingerprint density at radius 2 is 1.57 bits per heavy atom. The lowest BCUT2D eigenvalue weighted by Gasteiger charge is -2.22. The molecule has 0 aliphatic carbocycles. The maximum absolute atomic E-state index is 13.3. The van der Waals surface area contributed by atoms with Crippen LogP contribution in [0.1, 0.15) is 36.9 Å². The van der Waals surface area contributed by atoms with Gasteiger partial charge >= 0.3 is 6.18 Å². The average Bonchev–Trinajstić information content (AvgIpc) is 2.81. The normalized spacial score (nSPS) is 17.2. The molecule has 1 aromatic heterocycles. The number of halogens is 3. The Morgan fingerprint density at radius 1 is 0.870 bits per heavy atom. The zero-order valence-electron chi connectivity index (χ0n) is 13.0. The van der Waals surface area contributed by atoms with E-state index in [4.69, 9.17) is 0 Å². The third kappa shape index (κ3) is 3.78. The molecule has 1 fully saturated rings. The zero-order valence-corrected chi connectivity index (χ0v) is 13.0. The minimum absolute atomic E-state index is 0.204. The van der Waals surface area contributed by atoms with Crippen LogP contribution in [0.3, 0.4) is 0 Å². The molecule has 0 spiro atoms. The van der Waals surface area contributed by atoms with Crippen LogP contribution in [0.2, 0.25) is 0 Å². The van der Waals surface area contributed by atoms with E-state index in [1.807, 2.05) is 12.1 Å². The molecule has 0 N–H and O–H groups in total. The van der Waals surface area contributed by atoms with Gasteiger partial charge in [-0.15, -0.1) is 0 Å². The lowest BCUT2D eigenvalue weighted by atomic mass is 10.1. The molecule has 1 aliphatic heterocycles. The summed E-state index contributed by atoms with van der Waals surface area (Å²) in [4.78, 5) is 2.34. The van der Waals surface area contributed by atoms with E-state index in [-0.39, 0.29) is 5.69 Å². The molecule has 0 amide bonds. The first kappa shape index (κ1) is 16.1. The summed E-state index contributed by atoms with van der Waals surface area (Å²) in [5.41, 5.74) is 0.520. The fraction of sp³-hybridized carbons (Fsp3) is 0.444. The standard InChI is InChI=1S/C18H21F3N2/c19-18(20,21)16-9-3-4-10-17(16)23-13-7-8-15(23)14-22-11-5-1-2-6-12-22/h3-4,7-10,13H,1-2,5-6,11-12,14H2. The molecule has 3 rings (SSSR count). The molecule has 0 unspecified atom stereocenters. The number of nitrogens with zero attached hydrogens (tertiary/aromatic N) is 2. The fourth-order valence-corrected chi connectivity index (χ4v) is 3.23. The number of hydrogen-bond donors (Lipinski definition) is 0. The van der Waals surface area contributed by atoms with Crippen molar-refractivity contribution in [1.29, 1.82) is 0 Å². The monoisotopic (exact) mass is 322 g/mol. The second kappa shape index (κ2) is 6.79. The summed E-state index contributed by atoms with van der Waals surface area (Å²) in [6.45, 7) is 2.73. The number of hydrogen-bond acceptors (Lipinski definition) is 1. The smallest absolute Gasteiger partial charge is 0.319 e. The van der Waals surface area contributed by atoms with Crippen molar-refractivity contribution >= 4 is 0 Å². The first-order chi connectivity index (χ1) is 11.1. The molecule has 0 bridgehead atoms. The molecular formula is C18H21F3N2. The average molecular weight is 322 g/mol. The van der Waals surface area contributed by atoms with Gasteiger partial charge in [0.1, 0.15) is 0 Å². The van der Waals surface area contributed by atoms with Crippen LogP contribution in [-0.2, 0) is 12.7 Å². The van der Waals surface area contributed by atoms with Crippen LogP contribution in [0.5, 0.6) is 0 Å². The Morgan fingerprint density at radius 3 is 2.26 bits per heavy atom. The van der Waals surface area contributed by atoms with E-state index in [2.05, 4.69) is 4.90 Å². The van der Waals surface area contributed by atoms with Gasteiger partial charge in [-0.1, -0.05) is 25.0 Å². The van der Waals surface area contributed by atoms with E-state index in [0.29, 0.717) is 6.54 Å². The molecule has 0 atom stereocenters. The number of benzene rings is 1. The highest BCUT2D eigenvalue weighted by molar-refractivity contribution is 5.44. The molecule has 0 radical (unpaired) electrons. The van der Waals surface area contributed by atoms with Gasteiger partial charge in [0, 0.05) is 18.4 Å². The van der Waals surface area contributed by atoms with Crippen molar-refractivity contribution in [3.05, 3.63) is 53.9 Å². The molecule has 23 heavy (non-hydrogen) atoms. The van der Waals surface area contributed by atoms with Crippen molar-refractivity contribution in [2.45, 2.75) is 38.4 Å². The Hall–Kier alpha value is -1.75. The van der Waals surface area contributed by atoms with Gasteiger partial charge in [-0.2, -0.15) is 13.2 Å². The predicted molar refractivity (Wildman–Crippen MR) is 84.5 cm³/mol. The number of para-hydroxylation sites is 1. The van der Waals surface area contributed by atoms with Crippen molar-refractivity contribution in [3.8, 4) is 5.69 Å². The summed E-state index contributed by atoms with van der Waals surface area (Å²) < 4.78 is 41.5. The fourth-order valence-electron chi connectivity index (χ4n) is 3.23. The first-order valence-electron chi connectivity index (χ1n) is 8.11. The molecule has 2 aromatic rings. The summed E-state index contributed by atoms with van der Waals surface area (Å²) in [5, 5.41) is 0. The topological polar surface area (TPSA) is 8.17 Å². The Labute approximate surface area is 134 Å². The maximum atomic E-state index is 13.3. The van der Waals surface area contributed by atoms with Crippen molar-refractivity contribution in [2.24, 2.45) is 0 Å². The van der Waals surface area contributed by atoms with Crippen molar-refractivity contribution in [3.63, 3.8) is 0 Å². The predicted octanol–water partition coefficient (Wildman–Crippen LogP) is 4.87. The summed E-state index contributed by atoms with van der Waals surface area (Å²) in [7, 11) is 0. The van der Waals surface area contributed by atoms with Gasteiger partial charge in [0.15, 0.2) is 0 Å². The van der Waals surface area contributed by atoms with E-state index in [0.717, 1.165) is 24.8 Å². The van der Waals surface area contributed by atoms with Gasteiger partial charge in [-0.3, -0.25) is 4.90 Å². The molecule has 1 aliphatic rings. The SMILES string of the molecule is FC(F)(F)c1ccccc1-n1cccc1CN1CCCCCC1. The van der Waals surface area contributed by atoms with Gasteiger partial charge in [0.2, 0.25) is 0 Å². The minimum atomic E-state index is -4.35. The van der Waals surface area contributed by atoms with E-state index in [1.54, 1.807) is 16.8 Å². The van der Waals surface area contributed by atoms with E-state index >= 15 is 0 Å². The van der Waals surface area contributed by atoms with Crippen LogP contribution in [0.4, 0.5) is 13.2 Å². The van der Waals surface area contributed by atoms with Crippen molar-refractivity contribution in [2.75, 3.05) is 13.1 Å². The lowest BCUT2D eigenvalue weighted by Crippen LogP contribution is -2.25. The van der Waals surface area contributed by atoms with E-state index in [9.17, 15) is 13.2 Å². The van der Waals surface area contributed by atoms with Gasteiger partial charge in [-0.25, -0.2) is 0 Å². The summed E-state index contributed by atoms with van der Waals surface area (Å²) in [6.07, 6.45) is 2.20. The molecular weight excluding hydrogens is 301 g/mol. The molecule has 5 heteroatoms. The van der Waals surface area contributed by atoms with Gasteiger partial charge in [0.25, 0.3) is 0 Å². The molecule has 2 nitrogen and oxygen atoms in total. The molecule has 1 saturated heterocycles. The van der Waals surface area contributed by atoms with Crippen LogP contribution >= 0.6 is 0 Å². The number of aromatic nitrogens is 1. The summed E-state index contributed by atoms with van der Waals surface area (Å²) >= 11 is 0. The van der Waals surface area contributed by atoms with Crippen LogP contribution in [0.25, 0.3) is 5.69 Å². The third-order valence-electron chi connectivity index (χ3n) is 4.39. The first-order valence-corrected chi connectivity index (χ1v) is 8.11. The Kier molecular flexibility index (Phi) is 4.76. The van der Waals surface area contributed by atoms with Crippen molar-refractivity contribution in [1.82, 2.24) is 9.47 Å². The molecule has 2 heterocycles. The molecule has 1 aromatic carbocycles. The molecule has 0 saturated carbocycles. The van der Waals surface area contributed by atoms with Crippen LogP contribution < -0.4 is 0 Å². The highest BCUT2D eigenvalue weighted by Gasteiger charge is 2.33. The van der Waals surface area contributed by atoms with Gasteiger partial charge < -0.3 is 4.57 Å². The van der Waals surface area contributed by atoms with Crippen molar-refractivity contribution < 1.29 is 13.2 Å². The van der Waals surface area contributed by atoms with Crippen LogP contribution in [0, 0.1) is 0 Å². The quantitative estimate of drug-likeness (QED) is 0.782. The third-order valence-corrected chi connectivity index (χ3v) is 4.39. The number of rotatable bonds is 3. The highest BCUT2D eigenvalue weighted by Crippen LogP contribution is 2.34. The minimum Gasteiger partial charge on any atom is -0.319 e. The lowest BCUT2D eigenvalue weighted by molar-refractivity contribution is -0.137. The van der Waals surface area contributed by atoms with Crippen LogP contribution in [0.15, 0.2) is 42.6 Å². The second-order valence-electron chi connectivity index (χ2n) is 6.07. The van der Waals surface area contributed by atoms with Crippen LogP contribution in [-0.4, -0.2) is 22.6 Å². The second-order valence-corrected chi connectivity index (χ2v) is 6.07. The van der Waals surface area contributed by atoms with E-state index < -0.39 is 11.7 Å². The number of alkyl halides is 3. The Balaban J connectivity index is 1.89. The van der Waals surface area contributed by atoms with E-state index in [1.165, 1.54) is 37.8 Å². The Bertz CT molecular complexity index is 638. The molecule has 124 valence electrons. The zero-order chi connectivity index (χ0) is 16.3. The summed E-state index contributed by atoms with van der Waals surface area (Å²) in [6, 6.07) is 9.50. The highest BCUT2D eigenvalue weighted by atomic mass is 19.4. The van der Waals surface area contributed by atoms with Gasteiger partial charge in [-0.05, 0) is 50.2 Å². The van der Waals surface area contributed by atoms with Gasteiger partial charge in [0.05, 0.1) is 11.3 Å². The maximum Gasteiger partial charge on any atom is 0.418 e. The summed E-state index contributed by atoms with van der Waals surface area (Å²) in [5.74, 6) is 0. The largest absolute Gasteiger partial charge is 0.418 e.